The van der Waals surface area contributed by atoms with Crippen molar-refractivity contribution in [3.8, 4) is 5.75 Å². The molecular formula is C14H21N3O. The van der Waals surface area contributed by atoms with E-state index in [-0.39, 0.29) is 5.54 Å². The van der Waals surface area contributed by atoms with Gasteiger partial charge in [0.15, 0.2) is 0 Å². The fraction of sp³-hybridized carbons (Fsp3) is 0.500. The van der Waals surface area contributed by atoms with Crippen molar-refractivity contribution in [2.45, 2.75) is 32.2 Å². The Morgan fingerprint density at radius 2 is 2.00 bits per heavy atom. The number of hydrogen-bond acceptors (Lipinski definition) is 3. The SMILES string of the molecule is CCC(N)(CC)c1nc2cc(OC)ccc2n1C. The van der Waals surface area contributed by atoms with Gasteiger partial charge in [0.05, 0.1) is 23.7 Å². The zero-order chi connectivity index (χ0) is 13.3. The van der Waals surface area contributed by atoms with Gasteiger partial charge in [0.1, 0.15) is 11.6 Å². The number of hydrogen-bond donors (Lipinski definition) is 1. The first-order valence-corrected chi connectivity index (χ1v) is 6.35. The highest BCUT2D eigenvalue weighted by molar-refractivity contribution is 5.78. The Morgan fingerprint density at radius 1 is 1.33 bits per heavy atom. The Morgan fingerprint density at radius 3 is 2.56 bits per heavy atom. The molecule has 0 saturated heterocycles. The van der Waals surface area contributed by atoms with Crippen LogP contribution in [0.25, 0.3) is 11.0 Å². The fourth-order valence-corrected chi connectivity index (χ4v) is 2.32. The molecule has 0 fully saturated rings. The lowest BCUT2D eigenvalue weighted by Gasteiger charge is -2.25. The molecule has 0 bridgehead atoms. The zero-order valence-corrected chi connectivity index (χ0v) is 11.5. The van der Waals surface area contributed by atoms with E-state index in [9.17, 15) is 0 Å². The second kappa shape index (κ2) is 4.61. The van der Waals surface area contributed by atoms with Crippen molar-refractivity contribution >= 4 is 11.0 Å². The lowest BCUT2D eigenvalue weighted by atomic mass is 9.93. The topological polar surface area (TPSA) is 53.1 Å². The van der Waals surface area contributed by atoms with Crippen molar-refractivity contribution in [3.63, 3.8) is 0 Å². The Kier molecular flexibility index (Phi) is 3.30. The number of benzene rings is 1. The number of methoxy groups -OCH3 is 1. The molecule has 0 aliphatic carbocycles. The largest absolute Gasteiger partial charge is 0.497 e. The Bertz CT molecular complexity index is 555. The summed E-state index contributed by atoms with van der Waals surface area (Å²) in [6, 6.07) is 5.92. The van der Waals surface area contributed by atoms with Crippen LogP contribution >= 0.6 is 0 Å². The number of rotatable bonds is 4. The normalized spacial score (nSPS) is 12.1. The number of imidazole rings is 1. The summed E-state index contributed by atoms with van der Waals surface area (Å²) in [6.45, 7) is 4.20. The molecule has 1 aromatic carbocycles. The zero-order valence-electron chi connectivity index (χ0n) is 11.5. The van der Waals surface area contributed by atoms with Crippen molar-refractivity contribution in [1.29, 1.82) is 0 Å². The highest BCUT2D eigenvalue weighted by atomic mass is 16.5. The maximum absolute atomic E-state index is 6.44. The summed E-state index contributed by atoms with van der Waals surface area (Å²) in [4.78, 5) is 4.69. The molecule has 4 nitrogen and oxygen atoms in total. The van der Waals surface area contributed by atoms with Gasteiger partial charge in [-0.15, -0.1) is 0 Å². The van der Waals surface area contributed by atoms with Crippen LogP contribution < -0.4 is 10.5 Å². The molecule has 0 radical (unpaired) electrons. The van der Waals surface area contributed by atoms with Crippen LogP contribution in [0.4, 0.5) is 0 Å². The van der Waals surface area contributed by atoms with Crippen LogP contribution in [0.3, 0.4) is 0 Å². The Balaban J connectivity index is 2.63. The van der Waals surface area contributed by atoms with E-state index in [2.05, 4.69) is 18.4 Å². The van der Waals surface area contributed by atoms with Gasteiger partial charge < -0.3 is 15.0 Å². The molecule has 0 aliphatic rings. The standard InChI is InChI=1S/C14H21N3O/c1-5-14(15,6-2)13-16-11-9-10(18-4)7-8-12(11)17(13)3/h7-9H,5-6,15H2,1-4H3. The minimum atomic E-state index is -0.360. The molecule has 18 heavy (non-hydrogen) atoms. The molecular weight excluding hydrogens is 226 g/mol. The molecule has 0 atom stereocenters. The minimum absolute atomic E-state index is 0.360. The van der Waals surface area contributed by atoms with Gasteiger partial charge in [-0.3, -0.25) is 0 Å². The van der Waals surface area contributed by atoms with Crippen LogP contribution in [0.1, 0.15) is 32.5 Å². The first-order valence-electron chi connectivity index (χ1n) is 6.35. The van der Waals surface area contributed by atoms with Gasteiger partial charge in [0, 0.05) is 13.1 Å². The second-order valence-corrected chi connectivity index (χ2v) is 4.71. The van der Waals surface area contributed by atoms with Gasteiger partial charge in [0.2, 0.25) is 0 Å². The van der Waals surface area contributed by atoms with Gasteiger partial charge in [-0.05, 0) is 25.0 Å². The first kappa shape index (κ1) is 12.9. The number of ether oxygens (including phenoxy) is 1. The van der Waals surface area contributed by atoms with Crippen LogP contribution in [0, 0.1) is 0 Å². The van der Waals surface area contributed by atoms with E-state index in [0.29, 0.717) is 0 Å². The second-order valence-electron chi connectivity index (χ2n) is 4.71. The predicted octanol–water partition coefficient (Wildman–Crippen LogP) is 2.56. The van der Waals surface area contributed by atoms with E-state index >= 15 is 0 Å². The average Bonchev–Trinajstić information content (AvgIpc) is 2.75. The third kappa shape index (κ3) is 1.86. The molecule has 98 valence electrons. The van der Waals surface area contributed by atoms with Crippen molar-refractivity contribution in [2.75, 3.05) is 7.11 Å². The van der Waals surface area contributed by atoms with Crippen LogP contribution in [-0.2, 0) is 12.6 Å². The molecule has 2 N–H and O–H groups in total. The summed E-state index contributed by atoms with van der Waals surface area (Å²) >= 11 is 0. The molecule has 1 heterocycles. The van der Waals surface area contributed by atoms with Crippen LogP contribution in [0.2, 0.25) is 0 Å². The van der Waals surface area contributed by atoms with E-state index < -0.39 is 0 Å². The lowest BCUT2D eigenvalue weighted by Crippen LogP contribution is -2.37. The van der Waals surface area contributed by atoms with E-state index in [0.717, 1.165) is 35.4 Å². The Labute approximate surface area is 108 Å². The van der Waals surface area contributed by atoms with Crippen LogP contribution in [0.15, 0.2) is 18.2 Å². The van der Waals surface area contributed by atoms with Gasteiger partial charge in [-0.1, -0.05) is 13.8 Å². The Hall–Kier alpha value is -1.55. The molecule has 1 aromatic heterocycles. The summed E-state index contributed by atoms with van der Waals surface area (Å²) in [5.41, 5.74) is 8.10. The quantitative estimate of drug-likeness (QED) is 0.903. The summed E-state index contributed by atoms with van der Waals surface area (Å²) in [6.07, 6.45) is 1.75. The van der Waals surface area contributed by atoms with Crippen LogP contribution in [-0.4, -0.2) is 16.7 Å². The smallest absolute Gasteiger partial charge is 0.129 e. The number of aromatic nitrogens is 2. The molecule has 4 heteroatoms. The van der Waals surface area contributed by atoms with E-state index in [1.807, 2.05) is 25.2 Å². The maximum atomic E-state index is 6.44. The van der Waals surface area contributed by atoms with Crippen molar-refractivity contribution in [3.05, 3.63) is 24.0 Å². The first-order chi connectivity index (χ1) is 8.55. The number of nitrogens with two attached hydrogens (primary N) is 1. The van der Waals surface area contributed by atoms with Gasteiger partial charge in [-0.25, -0.2) is 4.98 Å². The fourth-order valence-electron chi connectivity index (χ4n) is 2.32. The van der Waals surface area contributed by atoms with Crippen molar-refractivity contribution < 1.29 is 4.74 Å². The van der Waals surface area contributed by atoms with Crippen molar-refractivity contribution in [1.82, 2.24) is 9.55 Å². The molecule has 2 aromatic rings. The van der Waals surface area contributed by atoms with E-state index in [1.54, 1.807) is 7.11 Å². The van der Waals surface area contributed by atoms with E-state index in [1.165, 1.54) is 0 Å². The average molecular weight is 247 g/mol. The van der Waals surface area contributed by atoms with Gasteiger partial charge >= 0.3 is 0 Å². The lowest BCUT2D eigenvalue weighted by molar-refractivity contribution is 0.378. The van der Waals surface area contributed by atoms with Gasteiger partial charge in [0.25, 0.3) is 0 Å². The summed E-state index contributed by atoms with van der Waals surface area (Å²) in [7, 11) is 3.68. The maximum Gasteiger partial charge on any atom is 0.129 e. The van der Waals surface area contributed by atoms with Gasteiger partial charge in [-0.2, -0.15) is 0 Å². The molecule has 0 spiro atoms. The molecule has 0 unspecified atom stereocenters. The van der Waals surface area contributed by atoms with Crippen molar-refractivity contribution in [2.24, 2.45) is 12.8 Å². The molecule has 0 saturated carbocycles. The number of aryl methyl sites for hydroxylation is 1. The summed E-state index contributed by atoms with van der Waals surface area (Å²) < 4.78 is 7.31. The monoisotopic (exact) mass is 247 g/mol. The summed E-state index contributed by atoms with van der Waals surface area (Å²) in [5.74, 6) is 1.76. The van der Waals surface area contributed by atoms with Crippen LogP contribution in [0.5, 0.6) is 5.75 Å². The third-order valence-electron chi connectivity index (χ3n) is 3.80. The predicted molar refractivity (Wildman–Crippen MR) is 73.7 cm³/mol. The highest BCUT2D eigenvalue weighted by Gasteiger charge is 2.28. The number of nitrogens with zero attached hydrogens (tertiary/aromatic N) is 2. The molecule has 2 rings (SSSR count). The molecule has 0 aliphatic heterocycles. The summed E-state index contributed by atoms with van der Waals surface area (Å²) in [5, 5.41) is 0. The third-order valence-corrected chi connectivity index (χ3v) is 3.80. The minimum Gasteiger partial charge on any atom is -0.497 e. The molecule has 0 amide bonds. The number of fused-ring (bicyclic) bond motifs is 1. The highest BCUT2D eigenvalue weighted by Crippen LogP contribution is 2.29. The van der Waals surface area contributed by atoms with E-state index in [4.69, 9.17) is 15.5 Å².